The summed E-state index contributed by atoms with van der Waals surface area (Å²) in [4.78, 5) is 25.1. The third-order valence-corrected chi connectivity index (χ3v) is 8.17. The average molecular weight is 527 g/mol. The maximum absolute atomic E-state index is 13.3. The van der Waals surface area contributed by atoms with Crippen LogP contribution in [-0.4, -0.2) is 32.9 Å². The van der Waals surface area contributed by atoms with Gasteiger partial charge in [0.05, 0.1) is 22.8 Å². The Balaban J connectivity index is 1.48. The van der Waals surface area contributed by atoms with Gasteiger partial charge in [-0.25, -0.2) is 13.2 Å². The van der Waals surface area contributed by atoms with E-state index < -0.39 is 16.0 Å². The SMILES string of the molecule is CCCCOC(=O)c1ccc(NC(=O)c2ccc3c(c2)C[C@H](C)N3S(=O)(=O)c2ccc(Cl)cc2)cc1. The number of unbranched alkanes of at least 4 members (excludes halogenated alkanes) is 1. The zero-order chi connectivity index (χ0) is 25.9. The van der Waals surface area contributed by atoms with E-state index in [4.69, 9.17) is 16.3 Å². The van der Waals surface area contributed by atoms with Crippen LogP contribution in [0.3, 0.4) is 0 Å². The van der Waals surface area contributed by atoms with E-state index in [0.717, 1.165) is 18.4 Å². The molecular formula is C27H27ClN2O5S. The number of amides is 1. The predicted octanol–water partition coefficient (Wildman–Crippen LogP) is 5.69. The molecule has 0 aliphatic carbocycles. The molecule has 1 aliphatic heterocycles. The van der Waals surface area contributed by atoms with Gasteiger partial charge >= 0.3 is 5.97 Å². The fourth-order valence-electron chi connectivity index (χ4n) is 4.12. The quantitative estimate of drug-likeness (QED) is 0.301. The summed E-state index contributed by atoms with van der Waals surface area (Å²) < 4.78 is 33.2. The molecule has 1 atom stereocenters. The van der Waals surface area contributed by atoms with Crippen LogP contribution in [0.1, 0.15) is 53.0 Å². The number of nitrogens with zero attached hydrogens (tertiary/aromatic N) is 1. The summed E-state index contributed by atoms with van der Waals surface area (Å²) in [5.41, 5.74) is 2.69. The first-order chi connectivity index (χ1) is 17.2. The van der Waals surface area contributed by atoms with Crippen LogP contribution in [0.5, 0.6) is 0 Å². The van der Waals surface area contributed by atoms with Crippen LogP contribution < -0.4 is 9.62 Å². The maximum atomic E-state index is 13.3. The zero-order valence-electron chi connectivity index (χ0n) is 20.0. The summed E-state index contributed by atoms with van der Waals surface area (Å²) in [6.07, 6.45) is 2.23. The lowest BCUT2D eigenvalue weighted by atomic mass is 10.1. The first kappa shape index (κ1) is 25.7. The van der Waals surface area contributed by atoms with Crippen LogP contribution in [0.25, 0.3) is 0 Å². The third kappa shape index (κ3) is 5.39. The number of carbonyl (C=O) groups is 2. The smallest absolute Gasteiger partial charge is 0.338 e. The molecule has 0 bridgehead atoms. The molecule has 7 nitrogen and oxygen atoms in total. The van der Waals surface area contributed by atoms with Crippen LogP contribution in [0, 0.1) is 0 Å². The number of hydrogen-bond acceptors (Lipinski definition) is 5. The lowest BCUT2D eigenvalue weighted by Crippen LogP contribution is -2.35. The molecule has 1 amide bonds. The van der Waals surface area contributed by atoms with E-state index in [1.807, 2.05) is 13.8 Å². The summed E-state index contributed by atoms with van der Waals surface area (Å²) in [7, 11) is -3.78. The fourth-order valence-corrected chi connectivity index (χ4v) is 5.93. The summed E-state index contributed by atoms with van der Waals surface area (Å²) in [6, 6.07) is 17.3. The standard InChI is InChI=1S/C27H27ClN2O5S/c1-3-4-15-35-27(32)19-5-10-23(11-6-19)29-26(31)20-7-14-25-21(17-20)16-18(2)30(25)36(33,34)24-12-8-22(28)9-13-24/h5-14,17-18H,3-4,15-16H2,1-2H3,(H,29,31)/t18-/m0/s1. The summed E-state index contributed by atoms with van der Waals surface area (Å²) in [6.45, 7) is 4.23. The maximum Gasteiger partial charge on any atom is 0.338 e. The second-order valence-electron chi connectivity index (χ2n) is 8.67. The van der Waals surface area contributed by atoms with Crippen LogP contribution in [0.15, 0.2) is 71.6 Å². The molecule has 0 unspecified atom stereocenters. The van der Waals surface area contributed by atoms with E-state index in [2.05, 4.69) is 5.32 Å². The van der Waals surface area contributed by atoms with Crippen LogP contribution in [-0.2, 0) is 21.2 Å². The second kappa shape index (κ2) is 10.7. The van der Waals surface area contributed by atoms with Crippen molar-refractivity contribution in [2.45, 2.75) is 44.0 Å². The molecule has 1 N–H and O–H groups in total. The molecule has 0 spiro atoms. The van der Waals surface area contributed by atoms with Crippen molar-refractivity contribution in [1.82, 2.24) is 0 Å². The lowest BCUT2D eigenvalue weighted by molar-refractivity contribution is 0.0499. The number of fused-ring (bicyclic) bond motifs is 1. The molecule has 0 radical (unpaired) electrons. The lowest BCUT2D eigenvalue weighted by Gasteiger charge is -2.24. The van der Waals surface area contributed by atoms with Gasteiger partial charge in [0.2, 0.25) is 0 Å². The highest BCUT2D eigenvalue weighted by atomic mass is 35.5. The Hall–Kier alpha value is -3.36. The number of anilines is 2. The first-order valence-electron chi connectivity index (χ1n) is 11.7. The van der Waals surface area contributed by atoms with Crippen LogP contribution in [0.4, 0.5) is 11.4 Å². The van der Waals surface area contributed by atoms with Gasteiger partial charge in [0.1, 0.15) is 0 Å². The van der Waals surface area contributed by atoms with E-state index in [0.29, 0.717) is 40.6 Å². The fraction of sp³-hybridized carbons (Fsp3) is 0.259. The van der Waals surface area contributed by atoms with Crippen molar-refractivity contribution in [1.29, 1.82) is 0 Å². The number of hydrogen-bond donors (Lipinski definition) is 1. The Morgan fingerprint density at radius 3 is 2.36 bits per heavy atom. The predicted molar refractivity (Wildman–Crippen MR) is 140 cm³/mol. The van der Waals surface area contributed by atoms with Gasteiger partial charge < -0.3 is 10.1 Å². The molecule has 36 heavy (non-hydrogen) atoms. The summed E-state index contributed by atoms with van der Waals surface area (Å²) in [5.74, 6) is -0.727. The van der Waals surface area contributed by atoms with Crippen molar-refractivity contribution < 1.29 is 22.7 Å². The minimum Gasteiger partial charge on any atom is -0.462 e. The number of ether oxygens (including phenoxy) is 1. The number of carbonyl (C=O) groups excluding carboxylic acids is 2. The van der Waals surface area contributed by atoms with E-state index in [1.165, 1.54) is 16.4 Å². The molecule has 1 heterocycles. The normalized spacial score (nSPS) is 14.9. The molecule has 3 aromatic rings. The average Bonchev–Trinajstić information content (AvgIpc) is 3.20. The summed E-state index contributed by atoms with van der Waals surface area (Å²) >= 11 is 5.91. The number of rotatable bonds is 8. The van der Waals surface area contributed by atoms with Gasteiger partial charge in [-0.2, -0.15) is 0 Å². The Bertz CT molecular complexity index is 1370. The molecule has 3 aromatic carbocycles. The largest absolute Gasteiger partial charge is 0.462 e. The molecule has 0 aromatic heterocycles. The van der Waals surface area contributed by atoms with E-state index >= 15 is 0 Å². The van der Waals surface area contributed by atoms with Gasteiger partial charge in [0.15, 0.2) is 0 Å². The highest BCUT2D eigenvalue weighted by Gasteiger charge is 2.36. The van der Waals surface area contributed by atoms with Crippen molar-refractivity contribution in [3.63, 3.8) is 0 Å². The number of nitrogens with one attached hydrogen (secondary N) is 1. The Morgan fingerprint density at radius 1 is 1.03 bits per heavy atom. The van der Waals surface area contributed by atoms with E-state index in [1.54, 1.807) is 54.6 Å². The number of halogens is 1. The molecule has 9 heteroatoms. The topological polar surface area (TPSA) is 92.8 Å². The summed E-state index contributed by atoms with van der Waals surface area (Å²) in [5, 5.41) is 3.28. The molecule has 0 saturated carbocycles. The minimum atomic E-state index is -3.78. The minimum absolute atomic E-state index is 0.158. The number of esters is 1. The highest BCUT2D eigenvalue weighted by Crippen LogP contribution is 2.37. The Morgan fingerprint density at radius 2 is 1.69 bits per heavy atom. The monoisotopic (exact) mass is 526 g/mol. The van der Waals surface area contributed by atoms with Gasteiger partial charge in [-0.3, -0.25) is 9.10 Å². The van der Waals surface area contributed by atoms with Crippen molar-refractivity contribution >= 4 is 44.9 Å². The van der Waals surface area contributed by atoms with Crippen molar-refractivity contribution in [2.24, 2.45) is 0 Å². The Kier molecular flexibility index (Phi) is 7.66. The third-order valence-electron chi connectivity index (χ3n) is 5.97. The molecule has 188 valence electrons. The number of sulfonamides is 1. The van der Waals surface area contributed by atoms with Gasteiger partial charge in [0.25, 0.3) is 15.9 Å². The van der Waals surface area contributed by atoms with Gasteiger partial charge in [-0.1, -0.05) is 24.9 Å². The zero-order valence-corrected chi connectivity index (χ0v) is 21.6. The van der Waals surface area contributed by atoms with Gasteiger partial charge in [-0.15, -0.1) is 0 Å². The Labute approximate surface area is 216 Å². The van der Waals surface area contributed by atoms with Crippen LogP contribution >= 0.6 is 11.6 Å². The van der Waals surface area contributed by atoms with Crippen LogP contribution in [0.2, 0.25) is 5.02 Å². The molecular weight excluding hydrogens is 500 g/mol. The van der Waals surface area contributed by atoms with Crippen molar-refractivity contribution in [3.05, 3.63) is 88.4 Å². The van der Waals surface area contributed by atoms with E-state index in [9.17, 15) is 18.0 Å². The molecule has 1 aliphatic rings. The highest BCUT2D eigenvalue weighted by molar-refractivity contribution is 7.92. The van der Waals surface area contributed by atoms with E-state index in [-0.39, 0.29) is 16.8 Å². The first-order valence-corrected chi connectivity index (χ1v) is 13.5. The van der Waals surface area contributed by atoms with Gasteiger partial charge in [0, 0.05) is 22.3 Å². The van der Waals surface area contributed by atoms with Gasteiger partial charge in [-0.05, 0) is 92.1 Å². The number of benzene rings is 3. The molecule has 0 fully saturated rings. The van der Waals surface area contributed by atoms with Crippen molar-refractivity contribution in [3.8, 4) is 0 Å². The molecule has 4 rings (SSSR count). The second-order valence-corrected chi connectivity index (χ2v) is 10.9. The molecule has 0 saturated heterocycles. The van der Waals surface area contributed by atoms with Crippen molar-refractivity contribution in [2.75, 3.05) is 16.2 Å².